The van der Waals surface area contributed by atoms with Gasteiger partial charge in [-0.1, -0.05) is 42.5 Å². The monoisotopic (exact) mass is 336 g/mol. The second-order valence-electron chi connectivity index (χ2n) is 4.67. The third-order valence-corrected chi connectivity index (χ3v) is 3.15. The van der Waals surface area contributed by atoms with Crippen LogP contribution in [0.25, 0.3) is 6.08 Å². The normalized spacial score (nSPS) is 10.5. The van der Waals surface area contributed by atoms with Crippen LogP contribution in [-0.2, 0) is 19.1 Å². The fraction of sp³-hybridized carbons (Fsp3) is 0.158. The molecule has 126 valence electrons. The Bertz CT molecular complexity index is 790. The number of benzene rings is 1. The summed E-state index contributed by atoms with van der Waals surface area (Å²) in [5.41, 5.74) is 0.534. The predicted octanol–water partition coefficient (Wildman–Crippen LogP) is 2.71. The van der Waals surface area contributed by atoms with Gasteiger partial charge in [-0.2, -0.15) is 10.5 Å². The number of ether oxygens (including phenoxy) is 2. The number of nitrogens with zero attached hydrogens (tertiary/aromatic N) is 2. The molecular weight excluding hydrogens is 320 g/mol. The Morgan fingerprint density at radius 1 is 1.08 bits per heavy atom. The van der Waals surface area contributed by atoms with Gasteiger partial charge in [-0.3, -0.25) is 0 Å². The third-order valence-electron chi connectivity index (χ3n) is 3.15. The molecule has 1 aromatic rings. The maximum absolute atomic E-state index is 12.0. The van der Waals surface area contributed by atoms with Gasteiger partial charge in [0.1, 0.15) is 17.7 Å². The van der Waals surface area contributed by atoms with Crippen LogP contribution >= 0.6 is 0 Å². The van der Waals surface area contributed by atoms with Crippen LogP contribution in [0.15, 0.2) is 59.2 Å². The number of hydrogen-bond acceptors (Lipinski definition) is 6. The predicted molar refractivity (Wildman–Crippen MR) is 90.5 cm³/mol. The van der Waals surface area contributed by atoms with Crippen molar-refractivity contribution in [3.8, 4) is 12.1 Å². The molecule has 0 aliphatic rings. The lowest BCUT2D eigenvalue weighted by Gasteiger charge is -2.08. The molecule has 0 unspecified atom stereocenters. The summed E-state index contributed by atoms with van der Waals surface area (Å²) >= 11 is 0. The summed E-state index contributed by atoms with van der Waals surface area (Å²) in [6.45, 7) is 0. The smallest absolute Gasteiger partial charge is 0.338 e. The van der Waals surface area contributed by atoms with E-state index < -0.39 is 11.9 Å². The van der Waals surface area contributed by atoms with Crippen molar-refractivity contribution in [2.45, 2.75) is 6.42 Å². The zero-order chi connectivity index (χ0) is 18.7. The van der Waals surface area contributed by atoms with E-state index in [0.29, 0.717) is 0 Å². The lowest BCUT2D eigenvalue weighted by Crippen LogP contribution is -2.11. The van der Waals surface area contributed by atoms with E-state index in [0.717, 1.165) is 25.9 Å². The minimum atomic E-state index is -0.837. The van der Waals surface area contributed by atoms with E-state index in [1.807, 2.05) is 30.3 Å². The molecule has 0 heterocycles. The zero-order valence-electron chi connectivity index (χ0n) is 13.9. The number of esters is 2. The SMILES string of the molecule is COC(=O)/C=C(\C(=O)OC)C(C/C=C/c1ccccc1)=C(C#N)C#N. The van der Waals surface area contributed by atoms with Gasteiger partial charge >= 0.3 is 11.9 Å². The summed E-state index contributed by atoms with van der Waals surface area (Å²) in [7, 11) is 2.30. The van der Waals surface area contributed by atoms with Gasteiger partial charge in [-0.05, 0) is 17.6 Å². The summed E-state index contributed by atoms with van der Waals surface area (Å²) < 4.78 is 9.17. The quantitative estimate of drug-likeness (QED) is 0.343. The Labute approximate surface area is 145 Å². The molecular formula is C19H16N2O4. The minimum Gasteiger partial charge on any atom is -0.466 e. The molecule has 0 amide bonds. The van der Waals surface area contributed by atoms with Crippen LogP contribution in [0.3, 0.4) is 0 Å². The van der Waals surface area contributed by atoms with Crippen molar-refractivity contribution < 1.29 is 19.1 Å². The van der Waals surface area contributed by atoms with Crippen molar-refractivity contribution >= 4 is 18.0 Å². The van der Waals surface area contributed by atoms with Gasteiger partial charge < -0.3 is 9.47 Å². The first-order valence-electron chi connectivity index (χ1n) is 7.20. The van der Waals surface area contributed by atoms with E-state index in [1.54, 1.807) is 24.3 Å². The molecule has 0 fully saturated rings. The van der Waals surface area contributed by atoms with Gasteiger partial charge in [0, 0.05) is 6.08 Å². The Hall–Kier alpha value is -3.64. The van der Waals surface area contributed by atoms with Crippen LogP contribution in [0, 0.1) is 22.7 Å². The van der Waals surface area contributed by atoms with Crippen LogP contribution in [0.1, 0.15) is 12.0 Å². The molecule has 0 saturated heterocycles. The molecule has 0 saturated carbocycles. The van der Waals surface area contributed by atoms with Crippen molar-refractivity contribution in [3.05, 3.63) is 64.8 Å². The number of carbonyl (C=O) groups excluding carboxylic acids is 2. The molecule has 0 spiro atoms. The van der Waals surface area contributed by atoms with Crippen molar-refractivity contribution in [3.63, 3.8) is 0 Å². The van der Waals surface area contributed by atoms with Gasteiger partial charge in [0.05, 0.1) is 19.8 Å². The standard InChI is InChI=1S/C19H16N2O4/c1-24-18(22)11-17(19(23)25-2)16(15(12-20)13-21)10-6-9-14-7-4-3-5-8-14/h3-9,11H,10H2,1-2H3/b9-6+,17-11-. The topological polar surface area (TPSA) is 100 Å². The number of hydrogen-bond donors (Lipinski definition) is 0. The Kier molecular flexibility index (Phi) is 7.91. The number of nitriles is 2. The van der Waals surface area contributed by atoms with E-state index >= 15 is 0 Å². The summed E-state index contributed by atoms with van der Waals surface area (Å²) in [5.74, 6) is -1.63. The van der Waals surface area contributed by atoms with Crippen LogP contribution < -0.4 is 0 Å². The first kappa shape index (κ1) is 19.4. The van der Waals surface area contributed by atoms with E-state index in [-0.39, 0.29) is 23.1 Å². The van der Waals surface area contributed by atoms with Crippen molar-refractivity contribution in [2.24, 2.45) is 0 Å². The number of carbonyl (C=O) groups is 2. The molecule has 0 aliphatic carbocycles. The van der Waals surface area contributed by atoms with E-state index in [4.69, 9.17) is 10.5 Å². The molecule has 6 nitrogen and oxygen atoms in total. The number of allylic oxidation sites excluding steroid dienone is 2. The van der Waals surface area contributed by atoms with Crippen molar-refractivity contribution in [1.82, 2.24) is 0 Å². The summed E-state index contributed by atoms with van der Waals surface area (Å²) in [6.07, 6.45) is 4.46. The summed E-state index contributed by atoms with van der Waals surface area (Å²) in [6, 6.07) is 12.8. The van der Waals surface area contributed by atoms with Crippen LogP contribution in [0.4, 0.5) is 0 Å². The molecule has 1 aromatic carbocycles. The van der Waals surface area contributed by atoms with Crippen LogP contribution in [-0.4, -0.2) is 26.2 Å². The largest absolute Gasteiger partial charge is 0.466 e. The van der Waals surface area contributed by atoms with E-state index in [2.05, 4.69) is 9.47 Å². The fourth-order valence-electron chi connectivity index (χ4n) is 1.94. The first-order valence-corrected chi connectivity index (χ1v) is 7.20. The minimum absolute atomic E-state index is 0.0866. The van der Waals surface area contributed by atoms with Crippen molar-refractivity contribution in [2.75, 3.05) is 14.2 Å². The fourth-order valence-corrected chi connectivity index (χ4v) is 1.94. The van der Waals surface area contributed by atoms with Crippen molar-refractivity contribution in [1.29, 1.82) is 10.5 Å². The number of rotatable bonds is 6. The van der Waals surface area contributed by atoms with Gasteiger partial charge in [-0.15, -0.1) is 0 Å². The van der Waals surface area contributed by atoms with Gasteiger partial charge in [0.25, 0.3) is 0 Å². The Morgan fingerprint density at radius 2 is 1.72 bits per heavy atom. The van der Waals surface area contributed by atoms with Crippen LogP contribution in [0.5, 0.6) is 0 Å². The highest BCUT2D eigenvalue weighted by molar-refractivity contribution is 6.00. The average molecular weight is 336 g/mol. The Balaban J connectivity index is 3.30. The highest BCUT2D eigenvalue weighted by atomic mass is 16.5. The second-order valence-corrected chi connectivity index (χ2v) is 4.67. The highest BCUT2D eigenvalue weighted by Crippen LogP contribution is 2.21. The maximum atomic E-state index is 12.0. The van der Waals surface area contributed by atoms with E-state index in [1.165, 1.54) is 0 Å². The lowest BCUT2D eigenvalue weighted by molar-refractivity contribution is -0.138. The molecule has 0 atom stereocenters. The molecule has 0 bridgehead atoms. The molecule has 0 aliphatic heterocycles. The molecule has 1 rings (SSSR count). The first-order chi connectivity index (χ1) is 12.1. The molecule has 0 N–H and O–H groups in total. The summed E-state index contributed by atoms with van der Waals surface area (Å²) in [4.78, 5) is 23.5. The summed E-state index contributed by atoms with van der Waals surface area (Å²) in [5, 5.41) is 18.3. The second kappa shape index (κ2) is 10.2. The van der Waals surface area contributed by atoms with Gasteiger partial charge in [0.2, 0.25) is 0 Å². The van der Waals surface area contributed by atoms with E-state index in [9.17, 15) is 9.59 Å². The molecule has 0 aromatic heterocycles. The molecule has 0 radical (unpaired) electrons. The van der Waals surface area contributed by atoms with Crippen LogP contribution in [0.2, 0.25) is 0 Å². The highest BCUT2D eigenvalue weighted by Gasteiger charge is 2.20. The lowest BCUT2D eigenvalue weighted by atomic mass is 9.96. The van der Waals surface area contributed by atoms with Gasteiger partial charge in [-0.25, -0.2) is 9.59 Å². The molecule has 6 heteroatoms. The maximum Gasteiger partial charge on any atom is 0.338 e. The average Bonchev–Trinajstić information content (AvgIpc) is 2.65. The van der Waals surface area contributed by atoms with Gasteiger partial charge in [0.15, 0.2) is 0 Å². The molecule has 25 heavy (non-hydrogen) atoms. The third kappa shape index (κ3) is 5.81. The zero-order valence-corrected chi connectivity index (χ0v) is 13.9. The Morgan fingerprint density at radius 3 is 2.24 bits per heavy atom. The number of methoxy groups -OCH3 is 2.